The van der Waals surface area contributed by atoms with Gasteiger partial charge in [0.2, 0.25) is 0 Å². The van der Waals surface area contributed by atoms with Gasteiger partial charge in [0.1, 0.15) is 0 Å². The SMILES string of the molecule is C[C@H]1CCCN1C(=O)c1cnc(N2CC(F)(F)C2)c(OCC2CC2)n1. The first-order valence-electron chi connectivity index (χ1n) is 8.86. The molecule has 1 saturated carbocycles. The number of amides is 1. The van der Waals surface area contributed by atoms with Crippen LogP contribution in [0.1, 0.15) is 43.1 Å². The molecule has 0 unspecified atom stereocenters. The first-order chi connectivity index (χ1) is 11.9. The molecule has 3 aliphatic rings. The maximum absolute atomic E-state index is 13.2. The summed E-state index contributed by atoms with van der Waals surface area (Å²) in [4.78, 5) is 24.5. The number of anilines is 1. The summed E-state index contributed by atoms with van der Waals surface area (Å²) in [6.45, 7) is 2.43. The van der Waals surface area contributed by atoms with Crippen molar-refractivity contribution in [2.24, 2.45) is 5.92 Å². The Hall–Kier alpha value is -1.99. The standard InChI is InChI=1S/C17H22F2N4O2/c1-11-3-2-6-23(11)16(24)13-7-20-14(22-9-17(18,19)10-22)15(21-13)25-8-12-4-5-12/h7,11-12H,2-6,8-10H2,1H3/t11-/m0/s1. The van der Waals surface area contributed by atoms with E-state index in [2.05, 4.69) is 9.97 Å². The molecule has 1 aliphatic carbocycles. The van der Waals surface area contributed by atoms with Gasteiger partial charge in [0, 0.05) is 12.6 Å². The van der Waals surface area contributed by atoms with E-state index in [1.807, 2.05) is 6.92 Å². The topological polar surface area (TPSA) is 58.6 Å². The smallest absolute Gasteiger partial charge is 0.282 e. The Morgan fingerprint density at radius 1 is 1.36 bits per heavy atom. The predicted octanol–water partition coefficient (Wildman–Crippen LogP) is 2.35. The Morgan fingerprint density at radius 3 is 2.72 bits per heavy atom. The molecule has 0 N–H and O–H groups in total. The second-order valence-corrected chi connectivity index (χ2v) is 7.34. The predicted molar refractivity (Wildman–Crippen MR) is 87.1 cm³/mol. The molecule has 2 aliphatic heterocycles. The monoisotopic (exact) mass is 352 g/mol. The van der Waals surface area contributed by atoms with Crippen molar-refractivity contribution in [2.45, 2.75) is 44.6 Å². The summed E-state index contributed by atoms with van der Waals surface area (Å²) in [6.07, 6.45) is 5.55. The number of rotatable bonds is 5. The molecule has 2 saturated heterocycles. The molecule has 3 heterocycles. The van der Waals surface area contributed by atoms with Crippen LogP contribution in [-0.4, -0.2) is 59.0 Å². The highest BCUT2D eigenvalue weighted by Crippen LogP contribution is 2.36. The molecule has 136 valence electrons. The quantitative estimate of drug-likeness (QED) is 0.814. The zero-order chi connectivity index (χ0) is 17.6. The van der Waals surface area contributed by atoms with Gasteiger partial charge >= 0.3 is 0 Å². The Labute approximate surface area is 145 Å². The normalized spacial score (nSPS) is 25.0. The van der Waals surface area contributed by atoms with Crippen LogP contribution in [0, 0.1) is 5.92 Å². The summed E-state index contributed by atoms with van der Waals surface area (Å²) < 4.78 is 32.1. The summed E-state index contributed by atoms with van der Waals surface area (Å²) in [5.41, 5.74) is 0.218. The molecule has 6 nitrogen and oxygen atoms in total. The molecule has 0 spiro atoms. The number of hydrogen-bond acceptors (Lipinski definition) is 5. The third-order valence-electron chi connectivity index (χ3n) is 5.05. The van der Waals surface area contributed by atoms with E-state index in [4.69, 9.17) is 4.74 Å². The van der Waals surface area contributed by atoms with Crippen molar-refractivity contribution in [1.29, 1.82) is 0 Å². The van der Waals surface area contributed by atoms with Crippen molar-refractivity contribution in [3.63, 3.8) is 0 Å². The first-order valence-corrected chi connectivity index (χ1v) is 8.86. The molecular formula is C17H22F2N4O2. The molecule has 8 heteroatoms. The van der Waals surface area contributed by atoms with Gasteiger partial charge in [0.15, 0.2) is 11.5 Å². The Bertz CT molecular complexity index is 673. The summed E-state index contributed by atoms with van der Waals surface area (Å²) in [7, 11) is 0. The van der Waals surface area contributed by atoms with Gasteiger partial charge in [-0.05, 0) is 38.5 Å². The first kappa shape index (κ1) is 16.5. The molecule has 0 radical (unpaired) electrons. The van der Waals surface area contributed by atoms with Crippen LogP contribution in [-0.2, 0) is 0 Å². The third-order valence-corrected chi connectivity index (χ3v) is 5.05. The van der Waals surface area contributed by atoms with Crippen LogP contribution in [0.3, 0.4) is 0 Å². The Kier molecular flexibility index (Phi) is 4.00. The number of ether oxygens (including phenoxy) is 1. The minimum Gasteiger partial charge on any atom is -0.475 e. The van der Waals surface area contributed by atoms with Gasteiger partial charge < -0.3 is 14.5 Å². The average molecular weight is 352 g/mol. The minimum absolute atomic E-state index is 0.172. The average Bonchev–Trinajstić information content (AvgIpc) is 3.29. The van der Waals surface area contributed by atoms with E-state index in [9.17, 15) is 13.6 Å². The van der Waals surface area contributed by atoms with E-state index in [1.165, 1.54) is 11.1 Å². The van der Waals surface area contributed by atoms with Crippen LogP contribution in [0.4, 0.5) is 14.6 Å². The number of nitrogens with zero attached hydrogens (tertiary/aromatic N) is 4. The number of carbonyl (C=O) groups excluding carboxylic acids is 1. The molecule has 0 bridgehead atoms. The summed E-state index contributed by atoms with van der Waals surface area (Å²) in [6, 6.07) is 0.180. The van der Waals surface area contributed by atoms with Gasteiger partial charge in [-0.25, -0.2) is 18.7 Å². The van der Waals surface area contributed by atoms with Crippen molar-refractivity contribution in [3.8, 4) is 5.88 Å². The van der Waals surface area contributed by atoms with Crippen molar-refractivity contribution >= 4 is 11.7 Å². The van der Waals surface area contributed by atoms with Gasteiger partial charge in [-0.15, -0.1) is 0 Å². The Balaban J connectivity index is 1.56. The zero-order valence-electron chi connectivity index (χ0n) is 14.3. The molecule has 0 aromatic carbocycles. The number of carbonyl (C=O) groups is 1. The van der Waals surface area contributed by atoms with Crippen molar-refractivity contribution in [1.82, 2.24) is 14.9 Å². The zero-order valence-corrected chi connectivity index (χ0v) is 14.3. The molecule has 25 heavy (non-hydrogen) atoms. The molecule has 1 aromatic rings. The van der Waals surface area contributed by atoms with Crippen LogP contribution in [0.2, 0.25) is 0 Å². The molecular weight excluding hydrogens is 330 g/mol. The van der Waals surface area contributed by atoms with E-state index in [1.54, 1.807) is 4.90 Å². The van der Waals surface area contributed by atoms with Crippen LogP contribution in [0.15, 0.2) is 6.20 Å². The fourth-order valence-corrected chi connectivity index (χ4v) is 3.31. The van der Waals surface area contributed by atoms with Crippen molar-refractivity contribution < 1.29 is 18.3 Å². The second kappa shape index (κ2) is 6.07. The van der Waals surface area contributed by atoms with Crippen LogP contribution < -0.4 is 9.64 Å². The largest absolute Gasteiger partial charge is 0.475 e. The van der Waals surface area contributed by atoms with Crippen molar-refractivity contribution in [3.05, 3.63) is 11.9 Å². The van der Waals surface area contributed by atoms with Crippen LogP contribution in [0.25, 0.3) is 0 Å². The third kappa shape index (κ3) is 3.39. The maximum atomic E-state index is 13.2. The van der Waals surface area contributed by atoms with E-state index < -0.39 is 19.0 Å². The lowest BCUT2D eigenvalue weighted by Gasteiger charge is -2.39. The fourth-order valence-electron chi connectivity index (χ4n) is 3.31. The maximum Gasteiger partial charge on any atom is 0.282 e. The van der Waals surface area contributed by atoms with Crippen LogP contribution in [0.5, 0.6) is 5.88 Å². The van der Waals surface area contributed by atoms with E-state index >= 15 is 0 Å². The van der Waals surface area contributed by atoms with Gasteiger partial charge in [0.25, 0.3) is 17.7 Å². The lowest BCUT2D eigenvalue weighted by molar-refractivity contribution is -0.0270. The summed E-state index contributed by atoms with van der Waals surface area (Å²) >= 11 is 0. The van der Waals surface area contributed by atoms with E-state index in [0.29, 0.717) is 24.9 Å². The fraction of sp³-hybridized carbons (Fsp3) is 0.706. The van der Waals surface area contributed by atoms with Gasteiger partial charge in [-0.2, -0.15) is 0 Å². The molecule has 1 aromatic heterocycles. The number of hydrogen-bond donors (Lipinski definition) is 0. The lowest BCUT2D eigenvalue weighted by atomic mass is 10.1. The van der Waals surface area contributed by atoms with Gasteiger partial charge in [-0.1, -0.05) is 0 Å². The lowest BCUT2D eigenvalue weighted by Crippen LogP contribution is -2.56. The van der Waals surface area contributed by atoms with E-state index in [0.717, 1.165) is 25.7 Å². The van der Waals surface area contributed by atoms with Gasteiger partial charge in [0.05, 0.1) is 25.9 Å². The second-order valence-electron chi connectivity index (χ2n) is 7.34. The molecule has 4 rings (SSSR count). The molecule has 1 amide bonds. The summed E-state index contributed by atoms with van der Waals surface area (Å²) in [5.74, 6) is -1.88. The highest BCUT2D eigenvalue weighted by Gasteiger charge is 2.46. The number of alkyl halides is 2. The van der Waals surface area contributed by atoms with E-state index in [-0.39, 0.29) is 23.5 Å². The van der Waals surface area contributed by atoms with Crippen LogP contribution >= 0.6 is 0 Å². The number of aromatic nitrogens is 2. The highest BCUT2D eigenvalue weighted by molar-refractivity contribution is 5.92. The number of likely N-dealkylation sites (tertiary alicyclic amines) is 1. The number of halogens is 2. The van der Waals surface area contributed by atoms with Gasteiger partial charge in [-0.3, -0.25) is 4.79 Å². The molecule has 3 fully saturated rings. The summed E-state index contributed by atoms with van der Waals surface area (Å²) in [5, 5.41) is 0. The highest BCUT2D eigenvalue weighted by atomic mass is 19.3. The molecule has 1 atom stereocenters. The Morgan fingerprint density at radius 2 is 2.12 bits per heavy atom. The minimum atomic E-state index is -2.70. The van der Waals surface area contributed by atoms with Crippen molar-refractivity contribution in [2.75, 3.05) is 31.1 Å².